The molecular formula is C63H122N2O6P+. The van der Waals surface area contributed by atoms with Crippen molar-refractivity contribution in [3.63, 3.8) is 0 Å². The largest absolute Gasteiger partial charge is 0.472 e. The number of carbonyl (C=O) groups is 1. The summed E-state index contributed by atoms with van der Waals surface area (Å²) in [5, 5.41) is 13.9. The number of quaternary nitrogens is 1. The van der Waals surface area contributed by atoms with Gasteiger partial charge in [-0.2, -0.15) is 0 Å². The smallest absolute Gasteiger partial charge is 0.387 e. The third kappa shape index (κ3) is 56.2. The lowest BCUT2D eigenvalue weighted by atomic mass is 10.0. The zero-order valence-electron chi connectivity index (χ0n) is 48.4. The van der Waals surface area contributed by atoms with Gasteiger partial charge in [-0.1, -0.05) is 268 Å². The van der Waals surface area contributed by atoms with Crippen LogP contribution in [-0.4, -0.2) is 73.4 Å². The van der Waals surface area contributed by atoms with Gasteiger partial charge in [0.1, 0.15) is 13.2 Å². The topological polar surface area (TPSA) is 105 Å². The van der Waals surface area contributed by atoms with Crippen LogP contribution in [0, 0.1) is 0 Å². The first-order valence-electron chi connectivity index (χ1n) is 31.0. The van der Waals surface area contributed by atoms with Gasteiger partial charge >= 0.3 is 7.82 Å². The molecule has 3 N–H and O–H groups in total. The van der Waals surface area contributed by atoms with Crippen molar-refractivity contribution in [1.29, 1.82) is 0 Å². The van der Waals surface area contributed by atoms with E-state index >= 15 is 0 Å². The Labute approximate surface area is 448 Å². The molecule has 3 atom stereocenters. The number of phosphoric acid groups is 1. The molecule has 0 radical (unpaired) electrons. The van der Waals surface area contributed by atoms with Crippen molar-refractivity contribution in [3.8, 4) is 0 Å². The Morgan fingerprint density at radius 3 is 1.11 bits per heavy atom. The number of hydrogen-bond donors (Lipinski definition) is 3. The van der Waals surface area contributed by atoms with Crippen molar-refractivity contribution in [2.24, 2.45) is 0 Å². The molecule has 0 aromatic heterocycles. The maximum atomic E-state index is 13.0. The second-order valence-corrected chi connectivity index (χ2v) is 23.9. The second kappa shape index (κ2) is 54.3. The Balaban J connectivity index is 4.07. The minimum Gasteiger partial charge on any atom is -0.387 e. The molecule has 1 amide bonds. The molecular weight excluding hydrogens is 912 g/mol. The molecule has 0 aliphatic rings. The number of aliphatic hydroxyl groups is 1. The summed E-state index contributed by atoms with van der Waals surface area (Å²) in [5.41, 5.74) is 0. The van der Waals surface area contributed by atoms with Crippen LogP contribution in [0.4, 0.5) is 0 Å². The van der Waals surface area contributed by atoms with Crippen LogP contribution in [0.5, 0.6) is 0 Å². The first-order chi connectivity index (χ1) is 35.0. The number of likely N-dealkylation sites (N-methyl/N-ethyl adjacent to an activating group) is 1. The minimum absolute atomic E-state index is 0.0539. The van der Waals surface area contributed by atoms with E-state index in [4.69, 9.17) is 9.05 Å². The molecule has 0 aliphatic carbocycles. The van der Waals surface area contributed by atoms with Gasteiger partial charge in [0.15, 0.2) is 0 Å². The van der Waals surface area contributed by atoms with Crippen molar-refractivity contribution < 1.29 is 32.9 Å². The Kier molecular flexibility index (Phi) is 53.1. The number of nitrogens with zero attached hydrogens (tertiary/aromatic N) is 1. The van der Waals surface area contributed by atoms with Crippen LogP contribution in [0.2, 0.25) is 0 Å². The fraction of sp³-hybridized carbons (Fsp3) is 0.857. The highest BCUT2D eigenvalue weighted by atomic mass is 31.2. The fourth-order valence-corrected chi connectivity index (χ4v) is 9.87. The third-order valence-electron chi connectivity index (χ3n) is 14.0. The number of allylic oxidation sites excluding steroid dienone is 7. The molecule has 0 heterocycles. The number of carbonyl (C=O) groups excluding carboxylic acids is 1. The lowest BCUT2D eigenvalue weighted by Crippen LogP contribution is -2.45. The van der Waals surface area contributed by atoms with Crippen LogP contribution in [0.1, 0.15) is 296 Å². The molecule has 9 heteroatoms. The van der Waals surface area contributed by atoms with E-state index < -0.39 is 20.0 Å². The Bertz CT molecular complexity index is 1310. The van der Waals surface area contributed by atoms with Gasteiger partial charge < -0.3 is 19.8 Å². The standard InChI is InChI=1S/C63H121N2O6P/c1-6-8-10-12-14-16-18-20-22-24-25-26-27-28-29-30-31-32-33-34-35-36-37-38-39-41-43-45-47-49-51-53-55-57-63(67)64-61(60-71-72(68,69)70-59-58-65(3,4)5)62(66)56-54-52-50-48-46-44-42-40-23-21-19-17-15-13-11-9-7-2/h23,28-29,40,46,48,54,56,61-62,66H,6-22,24-27,30-39,41-45,47,49-53,55,57-60H2,1-5H3,(H-,64,67,68,69)/p+1/b29-28-,40-23+,48-46+,56-54+. The van der Waals surface area contributed by atoms with E-state index in [1.807, 2.05) is 27.2 Å². The molecule has 0 aliphatic heterocycles. The zero-order chi connectivity index (χ0) is 52.7. The highest BCUT2D eigenvalue weighted by Gasteiger charge is 2.27. The third-order valence-corrected chi connectivity index (χ3v) is 15.0. The average molecular weight is 1030 g/mol. The first-order valence-corrected chi connectivity index (χ1v) is 32.5. The van der Waals surface area contributed by atoms with E-state index in [-0.39, 0.29) is 19.1 Å². The van der Waals surface area contributed by atoms with Gasteiger partial charge in [0.05, 0.1) is 39.9 Å². The van der Waals surface area contributed by atoms with Crippen molar-refractivity contribution in [2.75, 3.05) is 40.9 Å². The van der Waals surface area contributed by atoms with Gasteiger partial charge in [-0.05, 0) is 70.6 Å². The summed E-state index contributed by atoms with van der Waals surface area (Å²) in [6.45, 7) is 4.81. The van der Waals surface area contributed by atoms with Gasteiger partial charge in [-0.3, -0.25) is 13.8 Å². The molecule has 0 spiro atoms. The van der Waals surface area contributed by atoms with Crippen LogP contribution in [0.25, 0.3) is 0 Å². The Morgan fingerprint density at radius 2 is 0.764 bits per heavy atom. The average Bonchev–Trinajstić information content (AvgIpc) is 3.34. The van der Waals surface area contributed by atoms with Gasteiger partial charge in [0.2, 0.25) is 5.91 Å². The minimum atomic E-state index is -4.36. The van der Waals surface area contributed by atoms with Crippen LogP contribution >= 0.6 is 7.82 Å². The van der Waals surface area contributed by atoms with Crippen LogP contribution in [-0.2, 0) is 18.4 Å². The zero-order valence-corrected chi connectivity index (χ0v) is 49.3. The van der Waals surface area contributed by atoms with E-state index in [1.54, 1.807) is 6.08 Å². The quantitative estimate of drug-likeness (QED) is 0.0243. The van der Waals surface area contributed by atoms with E-state index in [2.05, 4.69) is 55.6 Å². The van der Waals surface area contributed by atoms with E-state index in [0.717, 1.165) is 44.9 Å². The molecule has 0 saturated carbocycles. The Morgan fingerprint density at radius 1 is 0.458 bits per heavy atom. The van der Waals surface area contributed by atoms with Crippen molar-refractivity contribution in [2.45, 2.75) is 309 Å². The van der Waals surface area contributed by atoms with Crippen LogP contribution in [0.15, 0.2) is 48.6 Å². The molecule has 0 bridgehead atoms. The predicted octanol–water partition coefficient (Wildman–Crippen LogP) is 19.1. The van der Waals surface area contributed by atoms with Gasteiger partial charge in [0, 0.05) is 6.42 Å². The first kappa shape index (κ1) is 70.5. The molecule has 3 unspecified atom stereocenters. The molecule has 424 valence electrons. The van der Waals surface area contributed by atoms with Gasteiger partial charge in [0.25, 0.3) is 0 Å². The van der Waals surface area contributed by atoms with E-state index in [0.29, 0.717) is 17.4 Å². The van der Waals surface area contributed by atoms with Crippen molar-refractivity contribution >= 4 is 13.7 Å². The van der Waals surface area contributed by atoms with Crippen molar-refractivity contribution in [3.05, 3.63) is 48.6 Å². The summed E-state index contributed by atoms with van der Waals surface area (Å²) in [7, 11) is 1.55. The summed E-state index contributed by atoms with van der Waals surface area (Å²) in [5.74, 6) is -0.187. The normalized spacial score (nSPS) is 14.2. The highest BCUT2D eigenvalue weighted by molar-refractivity contribution is 7.47. The summed E-state index contributed by atoms with van der Waals surface area (Å²) in [6.07, 6.45) is 72.4. The summed E-state index contributed by atoms with van der Waals surface area (Å²) in [4.78, 5) is 23.3. The number of hydrogen-bond acceptors (Lipinski definition) is 5. The molecule has 0 aromatic carbocycles. The molecule has 8 nitrogen and oxygen atoms in total. The maximum absolute atomic E-state index is 13.0. The van der Waals surface area contributed by atoms with Crippen LogP contribution in [0.3, 0.4) is 0 Å². The number of rotatable bonds is 57. The van der Waals surface area contributed by atoms with Crippen molar-refractivity contribution in [1.82, 2.24) is 5.32 Å². The SMILES string of the molecule is CCCCCCCCC/C=C/CC/C=C/CC/C=C/C(O)C(COP(=O)(O)OCC[N+](C)(C)C)NC(=O)CCCCCCCCCCCCCCCCCCC/C=C\CCCCCCCCCCCCCC. The van der Waals surface area contributed by atoms with Gasteiger partial charge in [-0.25, -0.2) is 4.57 Å². The van der Waals surface area contributed by atoms with E-state index in [9.17, 15) is 19.4 Å². The monoisotopic (exact) mass is 1030 g/mol. The number of nitrogens with one attached hydrogen (secondary N) is 1. The summed E-state index contributed by atoms with van der Waals surface area (Å²) < 4.78 is 23.7. The summed E-state index contributed by atoms with van der Waals surface area (Å²) >= 11 is 0. The lowest BCUT2D eigenvalue weighted by Gasteiger charge is -2.25. The lowest BCUT2D eigenvalue weighted by molar-refractivity contribution is -0.870. The van der Waals surface area contributed by atoms with Crippen LogP contribution < -0.4 is 5.32 Å². The number of phosphoric ester groups is 1. The highest BCUT2D eigenvalue weighted by Crippen LogP contribution is 2.43. The second-order valence-electron chi connectivity index (χ2n) is 22.4. The predicted molar refractivity (Wildman–Crippen MR) is 314 cm³/mol. The molecule has 0 aromatic rings. The molecule has 72 heavy (non-hydrogen) atoms. The number of aliphatic hydroxyl groups excluding tert-OH is 1. The fourth-order valence-electron chi connectivity index (χ4n) is 9.13. The van der Waals surface area contributed by atoms with E-state index in [1.165, 1.54) is 231 Å². The van der Waals surface area contributed by atoms with Gasteiger partial charge in [-0.15, -0.1) is 0 Å². The number of amides is 1. The molecule has 0 saturated heterocycles. The number of unbranched alkanes of at least 4 members (excludes halogenated alkanes) is 38. The molecule has 0 rings (SSSR count). The summed E-state index contributed by atoms with van der Waals surface area (Å²) in [6, 6.07) is -0.870. The maximum Gasteiger partial charge on any atom is 0.472 e. The Hall–Kier alpha value is -1.54. The molecule has 0 fully saturated rings.